The summed E-state index contributed by atoms with van der Waals surface area (Å²) in [7, 11) is 1.53. The molecule has 0 aliphatic rings. The van der Waals surface area contributed by atoms with Crippen molar-refractivity contribution in [2.75, 3.05) is 7.11 Å². The summed E-state index contributed by atoms with van der Waals surface area (Å²) < 4.78 is 19.3. The molecule has 0 N–H and O–H groups in total. The summed E-state index contributed by atoms with van der Waals surface area (Å²) in [6.45, 7) is 1.99. The molecule has 0 fully saturated rings. The molecule has 0 saturated heterocycles. The number of hydrogen-bond acceptors (Lipinski definition) is 1. The second-order valence-electron chi connectivity index (χ2n) is 4.37. The number of alkyl halides is 1. The van der Waals surface area contributed by atoms with E-state index >= 15 is 0 Å². The van der Waals surface area contributed by atoms with Crippen LogP contribution in [0.5, 0.6) is 5.75 Å². The van der Waals surface area contributed by atoms with Crippen molar-refractivity contribution in [1.29, 1.82) is 0 Å². The predicted molar refractivity (Wildman–Crippen MR) is 87.6 cm³/mol. The van der Waals surface area contributed by atoms with Crippen LogP contribution in [0, 0.1) is 12.7 Å². The number of aryl methyl sites for hydroxylation is 1. The Morgan fingerprint density at radius 1 is 1.20 bits per heavy atom. The van der Waals surface area contributed by atoms with Crippen molar-refractivity contribution in [2.45, 2.75) is 11.8 Å². The smallest absolute Gasteiger partial charge is 0.141 e. The second kappa shape index (κ2) is 6.46. The molecule has 0 spiro atoms. The first-order valence-corrected chi connectivity index (χ1v) is 7.95. The van der Waals surface area contributed by atoms with Crippen LogP contribution in [0.15, 0.2) is 34.8 Å². The lowest BCUT2D eigenvalue weighted by Crippen LogP contribution is -2.00. The SMILES string of the molecule is COc1cc(F)c(Br)cc1C(Br)c1ccc(Cl)cc1C. The highest BCUT2D eigenvalue weighted by Gasteiger charge is 2.19. The zero-order valence-electron chi connectivity index (χ0n) is 10.9. The van der Waals surface area contributed by atoms with Gasteiger partial charge in [-0.1, -0.05) is 33.6 Å². The molecule has 2 aromatic rings. The molecule has 20 heavy (non-hydrogen) atoms. The third-order valence-electron chi connectivity index (χ3n) is 3.05. The quantitative estimate of drug-likeness (QED) is 0.548. The van der Waals surface area contributed by atoms with Crippen LogP contribution >= 0.6 is 43.5 Å². The van der Waals surface area contributed by atoms with Gasteiger partial charge in [-0.15, -0.1) is 0 Å². The third kappa shape index (κ3) is 3.18. The Morgan fingerprint density at radius 2 is 1.90 bits per heavy atom. The maximum atomic E-state index is 13.6. The van der Waals surface area contributed by atoms with E-state index in [-0.39, 0.29) is 10.6 Å². The van der Waals surface area contributed by atoms with E-state index in [0.717, 1.165) is 16.7 Å². The Labute approximate surface area is 139 Å². The Kier molecular flexibility index (Phi) is 5.10. The highest BCUT2D eigenvalue weighted by atomic mass is 79.9. The maximum Gasteiger partial charge on any atom is 0.141 e. The van der Waals surface area contributed by atoms with Crippen molar-refractivity contribution in [3.63, 3.8) is 0 Å². The van der Waals surface area contributed by atoms with Gasteiger partial charge in [0.2, 0.25) is 0 Å². The number of ether oxygens (including phenoxy) is 1. The maximum absolute atomic E-state index is 13.6. The molecule has 2 rings (SSSR count). The highest BCUT2D eigenvalue weighted by molar-refractivity contribution is 9.10. The summed E-state index contributed by atoms with van der Waals surface area (Å²) in [5.74, 6) is 0.153. The summed E-state index contributed by atoms with van der Waals surface area (Å²) in [6.07, 6.45) is 0. The molecule has 1 nitrogen and oxygen atoms in total. The average molecular weight is 423 g/mol. The molecule has 106 valence electrons. The monoisotopic (exact) mass is 420 g/mol. The Bertz CT molecular complexity index is 646. The fourth-order valence-electron chi connectivity index (χ4n) is 2.01. The van der Waals surface area contributed by atoms with E-state index in [1.807, 2.05) is 25.1 Å². The van der Waals surface area contributed by atoms with E-state index in [2.05, 4.69) is 31.9 Å². The molecule has 2 aromatic carbocycles. The van der Waals surface area contributed by atoms with Gasteiger partial charge >= 0.3 is 0 Å². The standard InChI is InChI=1S/C15H12Br2ClFO/c1-8-5-9(18)3-4-10(8)15(17)11-6-12(16)13(19)7-14(11)20-2/h3-7,15H,1-2H3. The van der Waals surface area contributed by atoms with Crippen LogP contribution in [-0.4, -0.2) is 7.11 Å². The van der Waals surface area contributed by atoms with Gasteiger partial charge in [-0.25, -0.2) is 4.39 Å². The molecule has 0 aromatic heterocycles. The number of benzene rings is 2. The van der Waals surface area contributed by atoms with Crippen LogP contribution < -0.4 is 4.74 Å². The summed E-state index contributed by atoms with van der Waals surface area (Å²) >= 11 is 12.8. The molecule has 1 atom stereocenters. The second-order valence-corrected chi connectivity index (χ2v) is 6.58. The lowest BCUT2D eigenvalue weighted by Gasteiger charge is -2.17. The van der Waals surface area contributed by atoms with Crippen LogP contribution in [0.1, 0.15) is 21.5 Å². The van der Waals surface area contributed by atoms with E-state index in [4.69, 9.17) is 16.3 Å². The largest absolute Gasteiger partial charge is 0.496 e. The molecular weight excluding hydrogens is 410 g/mol. The van der Waals surface area contributed by atoms with Gasteiger partial charge < -0.3 is 4.74 Å². The molecule has 5 heteroatoms. The minimum atomic E-state index is -0.349. The molecule has 0 saturated carbocycles. The minimum Gasteiger partial charge on any atom is -0.496 e. The molecule has 0 aliphatic heterocycles. The Morgan fingerprint density at radius 3 is 2.50 bits per heavy atom. The fourth-order valence-corrected chi connectivity index (χ4v) is 3.47. The molecule has 1 unspecified atom stereocenters. The van der Waals surface area contributed by atoms with Gasteiger partial charge in [-0.3, -0.25) is 0 Å². The van der Waals surface area contributed by atoms with Crippen molar-refractivity contribution in [2.24, 2.45) is 0 Å². The normalized spacial score (nSPS) is 12.3. The summed E-state index contributed by atoms with van der Waals surface area (Å²) in [4.78, 5) is -0.105. The van der Waals surface area contributed by atoms with Gasteiger partial charge in [0.05, 0.1) is 16.4 Å². The van der Waals surface area contributed by atoms with Crippen LogP contribution in [0.2, 0.25) is 5.02 Å². The van der Waals surface area contributed by atoms with Gasteiger partial charge in [0.15, 0.2) is 0 Å². The number of halogens is 4. The summed E-state index contributed by atoms with van der Waals surface area (Å²) in [5, 5.41) is 0.693. The van der Waals surface area contributed by atoms with E-state index < -0.39 is 0 Å². The molecular formula is C15H12Br2ClFO. The van der Waals surface area contributed by atoms with Crippen LogP contribution in [0.3, 0.4) is 0 Å². The first-order valence-electron chi connectivity index (χ1n) is 5.87. The van der Waals surface area contributed by atoms with Crippen molar-refractivity contribution >= 4 is 43.5 Å². The van der Waals surface area contributed by atoms with E-state index in [1.54, 1.807) is 6.07 Å². The lowest BCUT2D eigenvalue weighted by molar-refractivity contribution is 0.406. The van der Waals surface area contributed by atoms with E-state index in [9.17, 15) is 4.39 Å². The van der Waals surface area contributed by atoms with Gasteiger partial charge in [-0.2, -0.15) is 0 Å². The van der Waals surface area contributed by atoms with Gasteiger partial charge in [0.1, 0.15) is 11.6 Å². The zero-order chi connectivity index (χ0) is 14.9. The average Bonchev–Trinajstić information content (AvgIpc) is 2.40. The van der Waals surface area contributed by atoms with Gasteiger partial charge in [-0.05, 0) is 52.2 Å². The van der Waals surface area contributed by atoms with E-state index in [1.165, 1.54) is 13.2 Å². The Hall–Kier alpha value is -0.580. The van der Waals surface area contributed by atoms with Crippen molar-refractivity contribution in [3.8, 4) is 5.75 Å². The molecule has 0 heterocycles. The molecule has 0 aliphatic carbocycles. The number of rotatable bonds is 3. The third-order valence-corrected chi connectivity index (χ3v) is 4.88. The van der Waals surface area contributed by atoms with Crippen molar-refractivity contribution in [1.82, 2.24) is 0 Å². The topological polar surface area (TPSA) is 9.23 Å². The van der Waals surface area contributed by atoms with Crippen molar-refractivity contribution in [3.05, 3.63) is 62.3 Å². The molecule has 0 bridgehead atoms. The summed E-state index contributed by atoms with van der Waals surface area (Å²) in [5.41, 5.74) is 2.97. The predicted octanol–water partition coefficient (Wildman–Crippen LogP) is 6.04. The minimum absolute atomic E-state index is 0.105. The fraction of sp³-hybridized carbons (Fsp3) is 0.200. The first-order chi connectivity index (χ1) is 9.43. The first kappa shape index (κ1) is 15.8. The van der Waals surface area contributed by atoms with Crippen LogP contribution in [0.25, 0.3) is 0 Å². The van der Waals surface area contributed by atoms with Gasteiger partial charge in [0.25, 0.3) is 0 Å². The summed E-state index contributed by atoms with van der Waals surface area (Å²) in [6, 6.07) is 8.79. The van der Waals surface area contributed by atoms with Crippen molar-refractivity contribution < 1.29 is 9.13 Å². The van der Waals surface area contributed by atoms with Gasteiger partial charge in [0, 0.05) is 16.7 Å². The lowest BCUT2D eigenvalue weighted by atomic mass is 10.00. The molecule has 0 amide bonds. The Balaban J connectivity index is 2.52. The highest BCUT2D eigenvalue weighted by Crippen LogP contribution is 2.40. The zero-order valence-corrected chi connectivity index (χ0v) is 14.8. The van der Waals surface area contributed by atoms with E-state index in [0.29, 0.717) is 15.2 Å². The molecule has 0 radical (unpaired) electrons. The van der Waals surface area contributed by atoms with Crippen LogP contribution in [0.4, 0.5) is 4.39 Å². The number of hydrogen-bond donors (Lipinski definition) is 0. The number of methoxy groups -OCH3 is 1. The van der Waals surface area contributed by atoms with Crippen LogP contribution in [-0.2, 0) is 0 Å².